The van der Waals surface area contributed by atoms with E-state index in [-0.39, 0.29) is 5.91 Å². The standard InChI is InChI=1S/C24H28N2O3S/c1-6-26(15-18-9-12-20(28-4)21(13-18)29-5)23(27)14-22-24(25-17(3)30-22)19-10-7-16(2)8-11-19/h7-13H,6,14-15H2,1-5H3. The fourth-order valence-electron chi connectivity index (χ4n) is 3.35. The van der Waals surface area contributed by atoms with Gasteiger partial charge in [-0.15, -0.1) is 11.3 Å². The highest BCUT2D eigenvalue weighted by Crippen LogP contribution is 2.30. The van der Waals surface area contributed by atoms with Crippen molar-refractivity contribution in [2.75, 3.05) is 20.8 Å². The second-order valence-electron chi connectivity index (χ2n) is 7.14. The number of aromatic nitrogens is 1. The molecule has 0 bridgehead atoms. The molecule has 5 nitrogen and oxygen atoms in total. The minimum Gasteiger partial charge on any atom is -0.493 e. The van der Waals surface area contributed by atoms with Crippen LogP contribution in [0.4, 0.5) is 0 Å². The number of rotatable bonds is 8. The maximum absolute atomic E-state index is 13.1. The van der Waals surface area contributed by atoms with E-state index >= 15 is 0 Å². The summed E-state index contributed by atoms with van der Waals surface area (Å²) < 4.78 is 10.7. The lowest BCUT2D eigenvalue weighted by atomic mass is 10.1. The molecule has 3 aromatic rings. The summed E-state index contributed by atoms with van der Waals surface area (Å²) in [5.41, 5.74) is 4.17. The number of hydrogen-bond acceptors (Lipinski definition) is 5. The zero-order chi connectivity index (χ0) is 21.7. The van der Waals surface area contributed by atoms with Crippen molar-refractivity contribution >= 4 is 17.2 Å². The van der Waals surface area contributed by atoms with Gasteiger partial charge in [0.15, 0.2) is 11.5 Å². The van der Waals surface area contributed by atoms with Gasteiger partial charge < -0.3 is 14.4 Å². The molecule has 0 radical (unpaired) electrons. The van der Waals surface area contributed by atoms with E-state index in [0.717, 1.165) is 26.7 Å². The molecule has 1 heterocycles. The highest BCUT2D eigenvalue weighted by atomic mass is 32.1. The predicted molar refractivity (Wildman–Crippen MR) is 121 cm³/mol. The van der Waals surface area contributed by atoms with Gasteiger partial charge in [0.25, 0.3) is 0 Å². The van der Waals surface area contributed by atoms with Gasteiger partial charge in [-0.3, -0.25) is 4.79 Å². The first kappa shape index (κ1) is 21.8. The van der Waals surface area contributed by atoms with Crippen LogP contribution in [0.25, 0.3) is 11.3 Å². The highest BCUT2D eigenvalue weighted by molar-refractivity contribution is 7.12. The number of thiazole rings is 1. The summed E-state index contributed by atoms with van der Waals surface area (Å²) in [5, 5.41) is 0.969. The van der Waals surface area contributed by atoms with E-state index in [4.69, 9.17) is 14.5 Å². The SMILES string of the molecule is CCN(Cc1ccc(OC)c(OC)c1)C(=O)Cc1sc(C)nc1-c1ccc(C)cc1. The third-order valence-corrected chi connectivity index (χ3v) is 5.97. The summed E-state index contributed by atoms with van der Waals surface area (Å²) in [7, 11) is 3.23. The number of hydrogen-bond donors (Lipinski definition) is 0. The summed E-state index contributed by atoms with van der Waals surface area (Å²) in [6.45, 7) is 7.20. The third kappa shape index (κ3) is 5.00. The molecule has 6 heteroatoms. The number of ether oxygens (including phenoxy) is 2. The number of nitrogens with zero attached hydrogens (tertiary/aromatic N) is 2. The average Bonchev–Trinajstić information content (AvgIpc) is 3.12. The minimum atomic E-state index is 0.0873. The van der Waals surface area contributed by atoms with Crippen LogP contribution in [0.2, 0.25) is 0 Å². The van der Waals surface area contributed by atoms with Crippen LogP contribution < -0.4 is 9.47 Å². The van der Waals surface area contributed by atoms with E-state index in [9.17, 15) is 4.79 Å². The lowest BCUT2D eigenvalue weighted by molar-refractivity contribution is -0.130. The van der Waals surface area contributed by atoms with Crippen molar-refractivity contribution in [3.63, 3.8) is 0 Å². The van der Waals surface area contributed by atoms with Crippen LogP contribution in [0.15, 0.2) is 42.5 Å². The van der Waals surface area contributed by atoms with Crippen molar-refractivity contribution in [3.8, 4) is 22.8 Å². The lowest BCUT2D eigenvalue weighted by Crippen LogP contribution is -2.31. The van der Waals surface area contributed by atoms with Crippen molar-refractivity contribution in [1.29, 1.82) is 0 Å². The molecule has 0 aliphatic carbocycles. The highest BCUT2D eigenvalue weighted by Gasteiger charge is 2.19. The summed E-state index contributed by atoms with van der Waals surface area (Å²) in [5.74, 6) is 1.43. The van der Waals surface area contributed by atoms with Gasteiger partial charge in [-0.2, -0.15) is 0 Å². The molecule has 0 saturated heterocycles. The fraction of sp³-hybridized carbons (Fsp3) is 0.333. The number of methoxy groups -OCH3 is 2. The number of carbonyl (C=O) groups excluding carboxylic acids is 1. The van der Waals surface area contributed by atoms with Crippen LogP contribution in [-0.4, -0.2) is 36.6 Å². The van der Waals surface area contributed by atoms with Crippen LogP contribution in [0.5, 0.6) is 11.5 Å². The van der Waals surface area contributed by atoms with E-state index in [2.05, 4.69) is 31.2 Å². The monoisotopic (exact) mass is 424 g/mol. The van der Waals surface area contributed by atoms with E-state index in [1.54, 1.807) is 25.6 Å². The van der Waals surface area contributed by atoms with E-state index in [1.165, 1.54) is 5.56 Å². The Bertz CT molecular complexity index is 1010. The molecule has 0 aliphatic rings. The molecule has 2 aromatic carbocycles. The summed E-state index contributed by atoms with van der Waals surface area (Å²) >= 11 is 1.59. The number of benzene rings is 2. The predicted octanol–water partition coefficient (Wildman–Crippen LogP) is 5.04. The first-order valence-electron chi connectivity index (χ1n) is 9.97. The van der Waals surface area contributed by atoms with Crippen LogP contribution in [0.1, 0.15) is 27.9 Å². The quantitative estimate of drug-likeness (QED) is 0.509. The van der Waals surface area contributed by atoms with Crippen molar-refractivity contribution in [2.45, 2.75) is 33.7 Å². The lowest BCUT2D eigenvalue weighted by Gasteiger charge is -2.21. The molecule has 3 rings (SSSR count). The van der Waals surface area contributed by atoms with Crippen LogP contribution in [-0.2, 0) is 17.8 Å². The van der Waals surface area contributed by atoms with Crippen molar-refractivity contribution < 1.29 is 14.3 Å². The Kier molecular flexibility index (Phi) is 7.11. The van der Waals surface area contributed by atoms with Gasteiger partial charge in [0.1, 0.15) is 0 Å². The first-order chi connectivity index (χ1) is 14.4. The molecule has 0 atom stereocenters. The van der Waals surface area contributed by atoms with Crippen molar-refractivity contribution in [3.05, 3.63) is 63.5 Å². The molecule has 0 unspecified atom stereocenters. The first-order valence-corrected chi connectivity index (χ1v) is 10.8. The van der Waals surface area contributed by atoms with E-state index in [1.807, 2.05) is 36.9 Å². The zero-order valence-corrected chi connectivity index (χ0v) is 19.0. The molecule has 1 aromatic heterocycles. The Morgan fingerprint density at radius 3 is 2.37 bits per heavy atom. The largest absolute Gasteiger partial charge is 0.493 e. The topological polar surface area (TPSA) is 51.7 Å². The molecule has 30 heavy (non-hydrogen) atoms. The van der Waals surface area contributed by atoms with Gasteiger partial charge in [0.2, 0.25) is 5.91 Å². The van der Waals surface area contributed by atoms with Gasteiger partial charge in [-0.1, -0.05) is 35.9 Å². The maximum atomic E-state index is 13.1. The van der Waals surface area contributed by atoms with E-state index in [0.29, 0.717) is 31.0 Å². The van der Waals surface area contributed by atoms with Crippen LogP contribution in [0.3, 0.4) is 0 Å². The number of aryl methyl sites for hydroxylation is 2. The van der Waals surface area contributed by atoms with Crippen molar-refractivity contribution in [1.82, 2.24) is 9.88 Å². The fourth-order valence-corrected chi connectivity index (χ4v) is 4.30. The average molecular weight is 425 g/mol. The third-order valence-electron chi connectivity index (χ3n) is 5.00. The van der Waals surface area contributed by atoms with Crippen LogP contribution in [0, 0.1) is 13.8 Å². The Morgan fingerprint density at radius 1 is 1.03 bits per heavy atom. The molecule has 0 aliphatic heterocycles. The normalized spacial score (nSPS) is 10.7. The Balaban J connectivity index is 1.78. The molecule has 0 N–H and O–H groups in total. The smallest absolute Gasteiger partial charge is 0.228 e. The molecule has 1 amide bonds. The molecule has 0 fully saturated rings. The number of amides is 1. The second kappa shape index (κ2) is 9.76. The summed E-state index contributed by atoms with van der Waals surface area (Å²) in [6.07, 6.45) is 0.343. The second-order valence-corrected chi connectivity index (χ2v) is 8.43. The molecule has 0 saturated carbocycles. The minimum absolute atomic E-state index is 0.0873. The van der Waals surface area contributed by atoms with Gasteiger partial charge in [0.05, 0.1) is 31.3 Å². The molecule has 158 valence electrons. The molecular weight excluding hydrogens is 396 g/mol. The Hall–Kier alpha value is -2.86. The van der Waals surface area contributed by atoms with Gasteiger partial charge in [-0.05, 0) is 38.5 Å². The van der Waals surface area contributed by atoms with Gasteiger partial charge >= 0.3 is 0 Å². The summed E-state index contributed by atoms with van der Waals surface area (Å²) in [6, 6.07) is 14.0. The van der Waals surface area contributed by atoms with Gasteiger partial charge in [0, 0.05) is 23.5 Å². The molecule has 0 spiro atoms. The van der Waals surface area contributed by atoms with Crippen molar-refractivity contribution in [2.24, 2.45) is 0 Å². The zero-order valence-electron chi connectivity index (χ0n) is 18.2. The maximum Gasteiger partial charge on any atom is 0.228 e. The summed E-state index contributed by atoms with van der Waals surface area (Å²) in [4.78, 5) is 20.7. The molecular formula is C24H28N2O3S. The number of likely N-dealkylation sites (N-methyl/N-ethyl adjacent to an activating group) is 1. The van der Waals surface area contributed by atoms with Crippen LogP contribution >= 0.6 is 11.3 Å². The van der Waals surface area contributed by atoms with Gasteiger partial charge in [-0.25, -0.2) is 4.98 Å². The van der Waals surface area contributed by atoms with E-state index < -0.39 is 0 Å². The Morgan fingerprint density at radius 2 is 1.73 bits per heavy atom. The Labute approximate surface area is 182 Å². The number of carbonyl (C=O) groups is 1.